The van der Waals surface area contributed by atoms with E-state index in [4.69, 9.17) is 5.53 Å². The van der Waals surface area contributed by atoms with Crippen molar-refractivity contribution < 1.29 is 4.79 Å². The second-order valence-corrected chi connectivity index (χ2v) is 2.46. The van der Waals surface area contributed by atoms with Gasteiger partial charge in [-0.15, -0.1) is 0 Å². The molecule has 2 heterocycles. The number of allylic oxidation sites excluding steroid dienone is 2. The van der Waals surface area contributed by atoms with Gasteiger partial charge in [-0.3, -0.25) is 0 Å². The van der Waals surface area contributed by atoms with Gasteiger partial charge in [-0.1, -0.05) is 6.08 Å². The van der Waals surface area contributed by atoms with Crippen LogP contribution >= 0.6 is 0 Å². The molecule has 0 aromatic heterocycles. The smallest absolute Gasteiger partial charge is 0.319 e. The molecular weight excluding hydrogens is 138 g/mol. The molecule has 1 atom stereocenters. The predicted molar refractivity (Wildman–Crippen MR) is 41.7 cm³/mol. The first-order valence-corrected chi connectivity index (χ1v) is 3.44. The molecule has 2 aliphatic heterocycles. The Labute approximate surface area is 64.6 Å². The van der Waals surface area contributed by atoms with Gasteiger partial charge in [0.25, 0.3) is 0 Å². The third kappa shape index (κ3) is 0.827. The summed E-state index contributed by atoms with van der Waals surface area (Å²) in [5, 5.41) is 0. The summed E-state index contributed by atoms with van der Waals surface area (Å²) in [6.07, 6.45) is 11.5. The molecule has 0 aromatic rings. The van der Waals surface area contributed by atoms with Crippen molar-refractivity contribution in [3.8, 4) is 0 Å². The van der Waals surface area contributed by atoms with Gasteiger partial charge in [0.1, 0.15) is 0 Å². The zero-order chi connectivity index (χ0) is 7.68. The SMILES string of the molecule is [N-]=[N+]=C1C=CN2C=CC=CC12. The van der Waals surface area contributed by atoms with Gasteiger partial charge in [-0.2, -0.15) is 4.79 Å². The Morgan fingerprint density at radius 1 is 1.36 bits per heavy atom. The van der Waals surface area contributed by atoms with Crippen molar-refractivity contribution in [2.45, 2.75) is 6.04 Å². The van der Waals surface area contributed by atoms with Crippen molar-refractivity contribution in [1.82, 2.24) is 4.90 Å². The first-order valence-electron chi connectivity index (χ1n) is 3.44. The minimum Gasteiger partial charge on any atom is -0.361 e. The van der Waals surface area contributed by atoms with E-state index in [0.717, 1.165) is 0 Å². The van der Waals surface area contributed by atoms with E-state index in [2.05, 4.69) is 4.79 Å². The van der Waals surface area contributed by atoms with Crippen LogP contribution < -0.4 is 0 Å². The van der Waals surface area contributed by atoms with Gasteiger partial charge >= 0.3 is 5.71 Å². The second kappa shape index (κ2) is 2.22. The highest BCUT2D eigenvalue weighted by atomic mass is 15.2. The largest absolute Gasteiger partial charge is 0.361 e. The lowest BCUT2D eigenvalue weighted by Crippen LogP contribution is -2.27. The third-order valence-corrected chi connectivity index (χ3v) is 1.82. The van der Waals surface area contributed by atoms with Gasteiger partial charge in [-0.05, 0) is 12.2 Å². The van der Waals surface area contributed by atoms with Crippen LogP contribution in [0.25, 0.3) is 5.53 Å². The molecular formula is C8H7N3. The second-order valence-electron chi connectivity index (χ2n) is 2.46. The first-order chi connectivity index (χ1) is 5.42. The van der Waals surface area contributed by atoms with Crippen molar-refractivity contribution in [2.75, 3.05) is 0 Å². The maximum Gasteiger partial charge on any atom is 0.319 e. The molecule has 0 fully saturated rings. The molecule has 0 spiro atoms. The van der Waals surface area contributed by atoms with E-state index < -0.39 is 0 Å². The highest BCUT2D eigenvalue weighted by Crippen LogP contribution is 2.15. The molecule has 1 unspecified atom stereocenters. The van der Waals surface area contributed by atoms with Crippen LogP contribution in [0, 0.1) is 0 Å². The molecule has 0 aliphatic carbocycles. The average Bonchev–Trinajstić information content (AvgIpc) is 2.47. The quantitative estimate of drug-likeness (QED) is 0.369. The van der Waals surface area contributed by atoms with Crippen molar-refractivity contribution in [3.63, 3.8) is 0 Å². The summed E-state index contributed by atoms with van der Waals surface area (Å²) in [6.45, 7) is 0. The van der Waals surface area contributed by atoms with Crippen LogP contribution in [0.15, 0.2) is 36.7 Å². The van der Waals surface area contributed by atoms with Crippen LogP contribution in [-0.2, 0) is 0 Å². The van der Waals surface area contributed by atoms with Gasteiger partial charge < -0.3 is 10.4 Å². The molecule has 0 N–H and O–H groups in total. The predicted octanol–water partition coefficient (Wildman–Crippen LogP) is 0.939. The molecule has 0 aromatic carbocycles. The molecule has 0 amide bonds. The summed E-state index contributed by atoms with van der Waals surface area (Å²) in [6, 6.07) is 0.102. The molecule has 3 nitrogen and oxygen atoms in total. The van der Waals surface area contributed by atoms with Crippen LogP contribution in [0.1, 0.15) is 0 Å². The Morgan fingerprint density at radius 2 is 2.27 bits per heavy atom. The number of nitrogens with zero attached hydrogens (tertiary/aromatic N) is 3. The van der Waals surface area contributed by atoms with Gasteiger partial charge in [0, 0.05) is 18.5 Å². The fourth-order valence-corrected chi connectivity index (χ4v) is 1.26. The molecule has 0 bridgehead atoms. The summed E-state index contributed by atoms with van der Waals surface area (Å²) in [5.74, 6) is 0. The van der Waals surface area contributed by atoms with Crippen molar-refractivity contribution >= 4 is 5.71 Å². The Bertz CT molecular complexity index is 305. The third-order valence-electron chi connectivity index (χ3n) is 1.82. The zero-order valence-corrected chi connectivity index (χ0v) is 5.88. The minimum atomic E-state index is 0.102. The van der Waals surface area contributed by atoms with Gasteiger partial charge in [-0.25, -0.2) is 0 Å². The lowest BCUT2D eigenvalue weighted by atomic mass is 10.1. The van der Waals surface area contributed by atoms with Gasteiger partial charge in [0.15, 0.2) is 6.04 Å². The Balaban J connectivity index is 2.39. The Kier molecular flexibility index (Phi) is 1.24. The number of hydrogen-bond donors (Lipinski definition) is 0. The van der Waals surface area contributed by atoms with Gasteiger partial charge in [0.2, 0.25) is 0 Å². The maximum absolute atomic E-state index is 8.56. The molecule has 2 rings (SSSR count). The van der Waals surface area contributed by atoms with Crippen LogP contribution in [0.4, 0.5) is 0 Å². The summed E-state index contributed by atoms with van der Waals surface area (Å²) < 4.78 is 0. The van der Waals surface area contributed by atoms with E-state index in [1.807, 2.05) is 35.5 Å². The van der Waals surface area contributed by atoms with Crippen LogP contribution in [0.2, 0.25) is 0 Å². The highest BCUT2D eigenvalue weighted by molar-refractivity contribution is 5.98. The number of rotatable bonds is 0. The van der Waals surface area contributed by atoms with E-state index in [9.17, 15) is 0 Å². The van der Waals surface area contributed by atoms with Crippen molar-refractivity contribution in [3.05, 3.63) is 42.2 Å². The monoisotopic (exact) mass is 145 g/mol. The Hall–Kier alpha value is -1.60. The fourth-order valence-electron chi connectivity index (χ4n) is 1.26. The van der Waals surface area contributed by atoms with E-state index in [1.165, 1.54) is 0 Å². The first kappa shape index (κ1) is 6.13. The molecule has 0 radical (unpaired) electrons. The van der Waals surface area contributed by atoms with E-state index >= 15 is 0 Å². The minimum absolute atomic E-state index is 0.102. The fraction of sp³-hybridized carbons (Fsp3) is 0.125. The molecule has 0 saturated carbocycles. The molecule has 3 heteroatoms. The molecule has 11 heavy (non-hydrogen) atoms. The van der Waals surface area contributed by atoms with Crippen LogP contribution in [-0.4, -0.2) is 21.4 Å². The molecule has 0 saturated heterocycles. The standard InChI is InChI=1S/C8H7N3/c9-10-7-4-6-11-5-2-1-3-8(7)11/h1-6,8H. The number of hydrogen-bond acceptors (Lipinski definition) is 1. The molecule has 2 aliphatic rings. The highest BCUT2D eigenvalue weighted by Gasteiger charge is 2.28. The van der Waals surface area contributed by atoms with Crippen LogP contribution in [0.3, 0.4) is 0 Å². The average molecular weight is 145 g/mol. The van der Waals surface area contributed by atoms with E-state index in [-0.39, 0.29) is 6.04 Å². The molecule has 54 valence electrons. The topological polar surface area (TPSA) is 39.6 Å². The van der Waals surface area contributed by atoms with Crippen molar-refractivity contribution in [1.29, 1.82) is 0 Å². The van der Waals surface area contributed by atoms with E-state index in [0.29, 0.717) is 5.71 Å². The summed E-state index contributed by atoms with van der Waals surface area (Å²) in [4.78, 5) is 5.16. The zero-order valence-electron chi connectivity index (χ0n) is 5.88. The lowest BCUT2D eigenvalue weighted by Gasteiger charge is -2.17. The summed E-state index contributed by atoms with van der Waals surface area (Å²) in [5.41, 5.74) is 9.24. The summed E-state index contributed by atoms with van der Waals surface area (Å²) in [7, 11) is 0. The lowest BCUT2D eigenvalue weighted by molar-refractivity contribution is -0.00799. The normalized spacial score (nSPS) is 25.6. The summed E-state index contributed by atoms with van der Waals surface area (Å²) >= 11 is 0. The van der Waals surface area contributed by atoms with E-state index in [1.54, 1.807) is 6.08 Å². The van der Waals surface area contributed by atoms with Gasteiger partial charge in [0.05, 0.1) is 0 Å². The van der Waals surface area contributed by atoms with Crippen molar-refractivity contribution in [2.24, 2.45) is 0 Å². The Morgan fingerprint density at radius 3 is 3.09 bits per heavy atom. The maximum atomic E-state index is 8.56. The number of fused-ring (bicyclic) bond motifs is 1. The van der Waals surface area contributed by atoms with Crippen LogP contribution in [0.5, 0.6) is 0 Å².